The highest BCUT2D eigenvalue weighted by molar-refractivity contribution is 7.80. The van der Waals surface area contributed by atoms with Crippen LogP contribution in [0.5, 0.6) is 11.5 Å². The lowest BCUT2D eigenvalue weighted by molar-refractivity contribution is 0.0977. The first-order chi connectivity index (χ1) is 16.6. The SMILES string of the molecule is CCCCCCCOc1ccc(C(=O)NC(=S)Nc2ccc(OCc3ccccc3)cc2)cc1. The second kappa shape index (κ2) is 14.0. The van der Waals surface area contributed by atoms with Gasteiger partial charge in [-0.2, -0.15) is 0 Å². The maximum Gasteiger partial charge on any atom is 0.257 e. The van der Waals surface area contributed by atoms with Crippen LogP contribution in [0.15, 0.2) is 78.9 Å². The van der Waals surface area contributed by atoms with Crippen LogP contribution >= 0.6 is 12.2 Å². The van der Waals surface area contributed by atoms with Crippen LogP contribution in [0.2, 0.25) is 0 Å². The Balaban J connectivity index is 1.39. The van der Waals surface area contributed by atoms with E-state index < -0.39 is 0 Å². The van der Waals surface area contributed by atoms with E-state index in [0.717, 1.165) is 29.2 Å². The number of hydrogen-bond donors (Lipinski definition) is 2. The van der Waals surface area contributed by atoms with Crippen molar-refractivity contribution in [2.75, 3.05) is 11.9 Å². The molecule has 0 aliphatic heterocycles. The van der Waals surface area contributed by atoms with Crippen LogP contribution < -0.4 is 20.1 Å². The fraction of sp³-hybridized carbons (Fsp3) is 0.286. The average Bonchev–Trinajstić information content (AvgIpc) is 2.86. The van der Waals surface area contributed by atoms with Crippen LogP contribution in [0.1, 0.15) is 54.9 Å². The zero-order valence-electron chi connectivity index (χ0n) is 19.6. The lowest BCUT2D eigenvalue weighted by Crippen LogP contribution is -2.34. The van der Waals surface area contributed by atoms with E-state index in [1.807, 2.05) is 66.7 Å². The molecule has 2 N–H and O–H groups in total. The Labute approximate surface area is 207 Å². The lowest BCUT2D eigenvalue weighted by Gasteiger charge is -2.11. The number of benzene rings is 3. The molecule has 178 valence electrons. The molecule has 34 heavy (non-hydrogen) atoms. The largest absolute Gasteiger partial charge is 0.494 e. The molecule has 3 aromatic rings. The Morgan fingerprint density at radius 3 is 2.15 bits per heavy atom. The van der Waals surface area contributed by atoms with E-state index in [4.69, 9.17) is 21.7 Å². The number of carbonyl (C=O) groups is 1. The summed E-state index contributed by atoms with van der Waals surface area (Å²) >= 11 is 5.29. The molecule has 5 nitrogen and oxygen atoms in total. The molecule has 0 heterocycles. The molecule has 3 aromatic carbocycles. The fourth-order valence-corrected chi connectivity index (χ4v) is 3.52. The fourth-order valence-electron chi connectivity index (χ4n) is 3.31. The van der Waals surface area contributed by atoms with Gasteiger partial charge >= 0.3 is 0 Å². The summed E-state index contributed by atoms with van der Waals surface area (Å²) in [6, 6.07) is 24.5. The minimum absolute atomic E-state index is 0.232. The summed E-state index contributed by atoms with van der Waals surface area (Å²) in [6.45, 7) is 3.40. The third-order valence-corrected chi connectivity index (χ3v) is 5.42. The predicted octanol–water partition coefficient (Wildman–Crippen LogP) is 6.74. The minimum atomic E-state index is -0.272. The van der Waals surface area contributed by atoms with E-state index in [0.29, 0.717) is 18.8 Å². The first-order valence-electron chi connectivity index (χ1n) is 11.8. The first kappa shape index (κ1) is 25.2. The molecule has 0 spiro atoms. The minimum Gasteiger partial charge on any atom is -0.494 e. The summed E-state index contributed by atoms with van der Waals surface area (Å²) < 4.78 is 11.5. The van der Waals surface area contributed by atoms with Gasteiger partial charge in [0.25, 0.3) is 5.91 Å². The van der Waals surface area contributed by atoms with Crippen LogP contribution in [0, 0.1) is 0 Å². The van der Waals surface area contributed by atoms with Crippen molar-refractivity contribution in [3.05, 3.63) is 90.0 Å². The number of ether oxygens (including phenoxy) is 2. The zero-order valence-corrected chi connectivity index (χ0v) is 20.4. The second-order valence-electron chi connectivity index (χ2n) is 7.99. The Morgan fingerprint density at radius 2 is 1.44 bits per heavy atom. The van der Waals surface area contributed by atoms with Gasteiger partial charge in [-0.15, -0.1) is 0 Å². The van der Waals surface area contributed by atoms with Crippen molar-refractivity contribution in [3.63, 3.8) is 0 Å². The Hall–Kier alpha value is -3.38. The highest BCUT2D eigenvalue weighted by atomic mass is 32.1. The number of nitrogens with one attached hydrogen (secondary N) is 2. The molecular formula is C28H32N2O3S. The third kappa shape index (κ3) is 8.87. The summed E-state index contributed by atoms with van der Waals surface area (Å²) in [6.07, 6.45) is 5.98. The Kier molecular flexibility index (Phi) is 10.4. The van der Waals surface area contributed by atoms with Gasteiger partial charge in [0.15, 0.2) is 5.11 Å². The summed E-state index contributed by atoms with van der Waals surface area (Å²) in [5, 5.41) is 5.96. The van der Waals surface area contributed by atoms with Crippen molar-refractivity contribution < 1.29 is 14.3 Å². The second-order valence-corrected chi connectivity index (χ2v) is 8.40. The van der Waals surface area contributed by atoms with E-state index in [2.05, 4.69) is 17.6 Å². The van der Waals surface area contributed by atoms with Crippen molar-refractivity contribution in [1.29, 1.82) is 0 Å². The quantitative estimate of drug-likeness (QED) is 0.224. The summed E-state index contributed by atoms with van der Waals surface area (Å²) in [5.41, 5.74) is 2.39. The van der Waals surface area contributed by atoms with Crippen molar-refractivity contribution >= 4 is 28.9 Å². The van der Waals surface area contributed by atoms with E-state index in [9.17, 15) is 4.79 Å². The van der Waals surface area contributed by atoms with E-state index >= 15 is 0 Å². The molecule has 0 saturated heterocycles. The van der Waals surface area contributed by atoms with E-state index in [1.54, 1.807) is 12.1 Å². The molecule has 0 aliphatic carbocycles. The maximum absolute atomic E-state index is 12.5. The monoisotopic (exact) mass is 476 g/mol. The van der Waals surface area contributed by atoms with Gasteiger partial charge in [-0.3, -0.25) is 10.1 Å². The predicted molar refractivity (Wildman–Crippen MR) is 142 cm³/mol. The summed E-state index contributed by atoms with van der Waals surface area (Å²) in [4.78, 5) is 12.5. The van der Waals surface area contributed by atoms with E-state index in [1.165, 1.54) is 25.7 Å². The molecule has 0 atom stereocenters. The van der Waals surface area contributed by atoms with Crippen LogP contribution in [0.4, 0.5) is 5.69 Å². The highest BCUT2D eigenvalue weighted by Crippen LogP contribution is 2.17. The molecular weight excluding hydrogens is 444 g/mol. The van der Waals surface area contributed by atoms with Crippen LogP contribution in [-0.2, 0) is 6.61 Å². The van der Waals surface area contributed by atoms with Gasteiger partial charge in [-0.05, 0) is 72.7 Å². The van der Waals surface area contributed by atoms with Gasteiger partial charge in [0.1, 0.15) is 18.1 Å². The van der Waals surface area contributed by atoms with Crippen LogP contribution in [0.3, 0.4) is 0 Å². The smallest absolute Gasteiger partial charge is 0.257 e. The van der Waals surface area contributed by atoms with Crippen molar-refractivity contribution in [2.45, 2.75) is 45.6 Å². The molecule has 0 unspecified atom stereocenters. The van der Waals surface area contributed by atoms with Crippen molar-refractivity contribution in [2.24, 2.45) is 0 Å². The van der Waals surface area contributed by atoms with E-state index in [-0.39, 0.29) is 11.0 Å². The Bertz CT molecular complexity index is 1020. The maximum atomic E-state index is 12.5. The van der Waals surface area contributed by atoms with Crippen molar-refractivity contribution in [3.8, 4) is 11.5 Å². The molecule has 0 aliphatic rings. The van der Waals surface area contributed by atoms with Gasteiger partial charge in [0.05, 0.1) is 6.61 Å². The number of carbonyl (C=O) groups excluding carboxylic acids is 1. The highest BCUT2D eigenvalue weighted by Gasteiger charge is 2.08. The van der Waals surface area contributed by atoms with Gasteiger partial charge in [0, 0.05) is 11.3 Å². The van der Waals surface area contributed by atoms with Gasteiger partial charge in [0.2, 0.25) is 0 Å². The molecule has 6 heteroatoms. The average molecular weight is 477 g/mol. The lowest BCUT2D eigenvalue weighted by atomic mass is 10.2. The normalized spacial score (nSPS) is 10.4. The topological polar surface area (TPSA) is 59.6 Å². The molecule has 3 rings (SSSR count). The zero-order chi connectivity index (χ0) is 24.0. The molecule has 0 radical (unpaired) electrons. The number of hydrogen-bond acceptors (Lipinski definition) is 4. The van der Waals surface area contributed by atoms with Crippen LogP contribution in [0.25, 0.3) is 0 Å². The third-order valence-electron chi connectivity index (χ3n) is 5.22. The first-order valence-corrected chi connectivity index (χ1v) is 12.2. The number of unbranched alkanes of at least 4 members (excludes halogenated alkanes) is 4. The molecule has 0 aromatic heterocycles. The summed E-state index contributed by atoms with van der Waals surface area (Å²) in [5.74, 6) is 1.25. The number of amides is 1. The van der Waals surface area contributed by atoms with Crippen LogP contribution in [-0.4, -0.2) is 17.6 Å². The van der Waals surface area contributed by atoms with Gasteiger partial charge in [-0.25, -0.2) is 0 Å². The number of anilines is 1. The standard InChI is InChI=1S/C28H32N2O3S/c1-2-3-4-5-9-20-32-25-16-12-23(13-17-25)27(31)30-28(34)29-24-14-18-26(19-15-24)33-21-22-10-7-6-8-11-22/h6-8,10-19H,2-5,9,20-21H2,1H3,(H2,29,30,31,34). The van der Waals surface area contributed by atoms with Gasteiger partial charge < -0.3 is 14.8 Å². The van der Waals surface area contributed by atoms with Crippen molar-refractivity contribution in [1.82, 2.24) is 5.32 Å². The molecule has 0 saturated carbocycles. The Morgan fingerprint density at radius 1 is 0.794 bits per heavy atom. The molecule has 1 amide bonds. The summed E-state index contributed by atoms with van der Waals surface area (Å²) in [7, 11) is 0. The molecule has 0 bridgehead atoms. The number of thiocarbonyl (C=S) groups is 1. The molecule has 0 fully saturated rings. The number of rotatable bonds is 12. The van der Waals surface area contributed by atoms with Gasteiger partial charge in [-0.1, -0.05) is 62.9 Å².